The second-order valence-corrected chi connectivity index (χ2v) is 15.8. The third kappa shape index (κ3) is 45.5. The second-order valence-electron chi connectivity index (χ2n) is 15.8. The average Bonchev–Trinajstić information content (AvgIpc) is 3.23. The molecule has 0 aliphatic rings. The molecule has 0 fully saturated rings. The average molecular weight is 821 g/mol. The Morgan fingerprint density at radius 3 is 1.05 bits per heavy atom. The van der Waals surface area contributed by atoms with Crippen LogP contribution in [0.15, 0.2) is 85.1 Å². The molecule has 1 unspecified atom stereocenters. The van der Waals surface area contributed by atoms with E-state index in [1.54, 1.807) is 0 Å². The van der Waals surface area contributed by atoms with Crippen LogP contribution in [0.1, 0.15) is 213 Å². The fourth-order valence-electron chi connectivity index (χ4n) is 6.45. The Hall–Kier alpha value is -3.41. The number of carbonyl (C=O) groups excluding carboxylic acids is 3. The van der Waals surface area contributed by atoms with Crippen LogP contribution in [0.2, 0.25) is 0 Å². The van der Waals surface area contributed by atoms with E-state index in [4.69, 9.17) is 14.2 Å². The molecule has 59 heavy (non-hydrogen) atoms. The van der Waals surface area contributed by atoms with E-state index in [1.807, 2.05) is 36.5 Å². The van der Waals surface area contributed by atoms with Gasteiger partial charge in [-0.05, 0) is 57.8 Å². The Balaban J connectivity index is 4.46. The molecule has 0 spiro atoms. The molecule has 0 bridgehead atoms. The Kier molecular flexibility index (Phi) is 44.5. The van der Waals surface area contributed by atoms with Crippen molar-refractivity contribution in [3.05, 3.63) is 85.1 Å². The van der Waals surface area contributed by atoms with E-state index in [0.29, 0.717) is 19.3 Å². The standard InChI is InChI=1S/C53H88O6/c1-4-7-10-13-16-19-22-25-26-29-31-34-37-40-43-46-52(55)58-49-50(59-53(56)47-44-41-38-35-32-28-24-21-18-15-12-9-6-3)48-57-51(54)45-42-39-36-33-30-27-23-20-17-14-11-8-5-2/h7,9-10,12-13,15-16,18-19,21-22,24,28,32,50H,4-6,8,11,14,17,20,23,25-27,29-31,33-49H2,1-3H3/b10-7-,12-9-,16-13-,18-15-,22-19-,24-21-,32-28-. The van der Waals surface area contributed by atoms with Crippen molar-refractivity contribution in [2.75, 3.05) is 13.2 Å². The van der Waals surface area contributed by atoms with Crippen LogP contribution in [0.4, 0.5) is 0 Å². The molecular weight excluding hydrogens is 733 g/mol. The molecule has 0 saturated carbocycles. The number of hydrogen-bond acceptors (Lipinski definition) is 6. The van der Waals surface area contributed by atoms with Gasteiger partial charge in [-0.15, -0.1) is 0 Å². The number of esters is 3. The van der Waals surface area contributed by atoms with Gasteiger partial charge < -0.3 is 14.2 Å². The van der Waals surface area contributed by atoms with Crippen LogP contribution < -0.4 is 0 Å². The van der Waals surface area contributed by atoms with Gasteiger partial charge in [0.1, 0.15) is 13.2 Å². The van der Waals surface area contributed by atoms with Gasteiger partial charge >= 0.3 is 17.9 Å². The largest absolute Gasteiger partial charge is 0.462 e. The molecule has 0 amide bonds. The van der Waals surface area contributed by atoms with Crippen LogP contribution in [0.3, 0.4) is 0 Å². The van der Waals surface area contributed by atoms with Crippen molar-refractivity contribution in [2.24, 2.45) is 0 Å². The zero-order valence-electron chi connectivity index (χ0n) is 38.2. The van der Waals surface area contributed by atoms with E-state index in [1.165, 1.54) is 89.9 Å². The van der Waals surface area contributed by atoms with E-state index in [9.17, 15) is 14.4 Å². The van der Waals surface area contributed by atoms with Crippen LogP contribution in [-0.2, 0) is 28.6 Å². The normalized spacial score (nSPS) is 12.8. The van der Waals surface area contributed by atoms with Crippen molar-refractivity contribution < 1.29 is 28.6 Å². The lowest BCUT2D eigenvalue weighted by Gasteiger charge is -2.18. The summed E-state index contributed by atoms with van der Waals surface area (Å²) in [5, 5.41) is 0. The summed E-state index contributed by atoms with van der Waals surface area (Å²) in [7, 11) is 0. The molecule has 0 N–H and O–H groups in total. The maximum Gasteiger partial charge on any atom is 0.306 e. The molecule has 0 heterocycles. The van der Waals surface area contributed by atoms with Gasteiger partial charge in [0.15, 0.2) is 6.10 Å². The van der Waals surface area contributed by atoms with Crippen molar-refractivity contribution in [3.8, 4) is 0 Å². The summed E-state index contributed by atoms with van der Waals surface area (Å²) in [6, 6.07) is 0. The lowest BCUT2D eigenvalue weighted by Crippen LogP contribution is -2.30. The highest BCUT2D eigenvalue weighted by Gasteiger charge is 2.19. The number of unbranched alkanes of at least 4 members (excludes halogenated alkanes) is 22. The first-order valence-corrected chi connectivity index (χ1v) is 24.2. The first kappa shape index (κ1) is 55.6. The highest BCUT2D eigenvalue weighted by molar-refractivity contribution is 5.71. The zero-order chi connectivity index (χ0) is 43.0. The molecule has 6 nitrogen and oxygen atoms in total. The van der Waals surface area contributed by atoms with E-state index in [0.717, 1.165) is 77.0 Å². The maximum atomic E-state index is 12.7. The molecule has 0 aromatic rings. The molecule has 0 saturated heterocycles. The second kappa shape index (κ2) is 47.3. The number of ether oxygens (including phenoxy) is 3. The Labute approximate surface area is 363 Å². The minimum atomic E-state index is -0.799. The summed E-state index contributed by atoms with van der Waals surface area (Å²) in [6.07, 6.45) is 59.9. The molecule has 0 aliphatic carbocycles. The third-order valence-electron chi connectivity index (χ3n) is 10.1. The number of allylic oxidation sites excluding steroid dienone is 14. The van der Waals surface area contributed by atoms with Crippen molar-refractivity contribution in [3.63, 3.8) is 0 Å². The highest BCUT2D eigenvalue weighted by atomic mass is 16.6. The van der Waals surface area contributed by atoms with Gasteiger partial charge in [0.25, 0.3) is 0 Å². The lowest BCUT2D eigenvalue weighted by molar-refractivity contribution is -0.167. The predicted octanol–water partition coefficient (Wildman–Crippen LogP) is 15.6. The molecule has 0 aliphatic heterocycles. The molecule has 1 atom stereocenters. The molecule has 336 valence electrons. The van der Waals surface area contributed by atoms with Crippen LogP contribution in [-0.4, -0.2) is 37.2 Å². The summed E-state index contributed by atoms with van der Waals surface area (Å²) in [5.41, 5.74) is 0. The summed E-state index contributed by atoms with van der Waals surface area (Å²) < 4.78 is 16.7. The summed E-state index contributed by atoms with van der Waals surface area (Å²) in [6.45, 7) is 6.31. The van der Waals surface area contributed by atoms with Gasteiger partial charge in [-0.1, -0.05) is 221 Å². The van der Waals surface area contributed by atoms with Crippen molar-refractivity contribution in [1.82, 2.24) is 0 Å². The van der Waals surface area contributed by atoms with Gasteiger partial charge in [0.2, 0.25) is 0 Å². The smallest absolute Gasteiger partial charge is 0.306 e. The molecule has 6 heteroatoms. The fourth-order valence-corrected chi connectivity index (χ4v) is 6.45. The molecule has 0 rings (SSSR count). The van der Waals surface area contributed by atoms with Crippen LogP contribution in [0.25, 0.3) is 0 Å². The van der Waals surface area contributed by atoms with Gasteiger partial charge in [0.05, 0.1) is 0 Å². The van der Waals surface area contributed by atoms with Gasteiger partial charge in [-0.3, -0.25) is 14.4 Å². The lowest BCUT2D eigenvalue weighted by atomic mass is 10.0. The molecular formula is C53H88O6. The maximum absolute atomic E-state index is 12.7. The van der Waals surface area contributed by atoms with E-state index in [-0.39, 0.29) is 37.5 Å². The monoisotopic (exact) mass is 821 g/mol. The number of rotatable bonds is 42. The molecule has 0 radical (unpaired) electrons. The van der Waals surface area contributed by atoms with E-state index >= 15 is 0 Å². The summed E-state index contributed by atoms with van der Waals surface area (Å²) in [4.78, 5) is 37.9. The van der Waals surface area contributed by atoms with Crippen LogP contribution in [0, 0.1) is 0 Å². The molecule has 0 aromatic heterocycles. The number of hydrogen-bond donors (Lipinski definition) is 0. The van der Waals surface area contributed by atoms with Gasteiger partial charge in [-0.25, -0.2) is 0 Å². The van der Waals surface area contributed by atoms with Crippen LogP contribution in [0.5, 0.6) is 0 Å². The van der Waals surface area contributed by atoms with Crippen molar-refractivity contribution >= 4 is 17.9 Å². The fraction of sp³-hybridized carbons (Fsp3) is 0.679. The topological polar surface area (TPSA) is 78.9 Å². The third-order valence-corrected chi connectivity index (χ3v) is 10.1. The predicted molar refractivity (Wildman–Crippen MR) is 251 cm³/mol. The van der Waals surface area contributed by atoms with Crippen molar-refractivity contribution in [2.45, 2.75) is 219 Å². The first-order valence-electron chi connectivity index (χ1n) is 24.2. The van der Waals surface area contributed by atoms with Crippen molar-refractivity contribution in [1.29, 1.82) is 0 Å². The Morgan fingerprint density at radius 2 is 0.661 bits per heavy atom. The SMILES string of the molecule is CC\C=C/C=C\C=C/C=C\CCCCCC(=O)OC(COC(=O)CCCCCCCCC\C=C/C=C\C=C/CC)COC(=O)CCCCCCCCCCCCCCC. The highest BCUT2D eigenvalue weighted by Crippen LogP contribution is 2.14. The molecule has 0 aromatic carbocycles. The van der Waals surface area contributed by atoms with E-state index < -0.39 is 6.10 Å². The first-order chi connectivity index (χ1) is 29.0. The quantitative estimate of drug-likeness (QED) is 0.0264. The Bertz CT molecular complexity index is 1170. The number of carbonyl (C=O) groups is 3. The zero-order valence-corrected chi connectivity index (χ0v) is 38.2. The van der Waals surface area contributed by atoms with Gasteiger partial charge in [-0.2, -0.15) is 0 Å². The summed E-state index contributed by atoms with van der Waals surface area (Å²) in [5.74, 6) is -0.951. The van der Waals surface area contributed by atoms with Gasteiger partial charge in [0, 0.05) is 19.3 Å². The van der Waals surface area contributed by atoms with E-state index in [2.05, 4.69) is 69.4 Å². The summed E-state index contributed by atoms with van der Waals surface area (Å²) >= 11 is 0. The van der Waals surface area contributed by atoms with Crippen LogP contribution >= 0.6 is 0 Å². The minimum absolute atomic E-state index is 0.0957. The minimum Gasteiger partial charge on any atom is -0.462 e. The Morgan fingerprint density at radius 1 is 0.356 bits per heavy atom.